The third-order valence-corrected chi connectivity index (χ3v) is 5.48. The van der Waals surface area contributed by atoms with Crippen molar-refractivity contribution in [2.75, 3.05) is 5.32 Å². The van der Waals surface area contributed by atoms with Gasteiger partial charge in [0.1, 0.15) is 5.82 Å². The summed E-state index contributed by atoms with van der Waals surface area (Å²) in [5.74, 6) is -0.771. The molecule has 9 heteroatoms. The minimum absolute atomic E-state index is 0.0172. The number of hydrogen-bond acceptors (Lipinski definition) is 5. The Kier molecular flexibility index (Phi) is 5.95. The van der Waals surface area contributed by atoms with E-state index in [1.54, 1.807) is 23.0 Å². The number of carboxylic acid groups (broad SMARTS) is 1. The second kappa shape index (κ2) is 9.36. The first-order chi connectivity index (χ1) is 17.0. The number of carboxylic acids is 1. The standard InChI is InChI=1S/C26H17ClFN5O2/c27-21-13-19(9-10-22(21)28)30-26-29-14-20(17-6-3-4-16(12-17)8-11-24(34)35)25(31-26)33-15-18-5-1-2-7-23(18)32-33/h1-15H,(H,34,35)(H,29,30,31). The van der Waals surface area contributed by atoms with Gasteiger partial charge in [0, 0.05) is 35.1 Å². The number of rotatable bonds is 6. The van der Waals surface area contributed by atoms with Gasteiger partial charge in [0.15, 0.2) is 5.82 Å². The summed E-state index contributed by atoms with van der Waals surface area (Å²) in [4.78, 5) is 20.1. The molecule has 2 heterocycles. The molecule has 3 aromatic carbocycles. The van der Waals surface area contributed by atoms with Gasteiger partial charge >= 0.3 is 5.97 Å². The first-order valence-electron chi connectivity index (χ1n) is 10.5. The van der Waals surface area contributed by atoms with Crippen LogP contribution in [0.15, 0.2) is 85.2 Å². The van der Waals surface area contributed by atoms with Crippen LogP contribution >= 0.6 is 11.6 Å². The maximum absolute atomic E-state index is 13.6. The molecule has 35 heavy (non-hydrogen) atoms. The topological polar surface area (TPSA) is 92.9 Å². The molecule has 0 atom stereocenters. The van der Waals surface area contributed by atoms with Crippen LogP contribution in [0.2, 0.25) is 5.02 Å². The summed E-state index contributed by atoms with van der Waals surface area (Å²) in [5, 5.41) is 17.6. The van der Waals surface area contributed by atoms with Crippen molar-refractivity contribution in [2.45, 2.75) is 0 Å². The van der Waals surface area contributed by atoms with Crippen LogP contribution in [0.1, 0.15) is 5.56 Å². The van der Waals surface area contributed by atoms with E-state index in [9.17, 15) is 9.18 Å². The van der Waals surface area contributed by atoms with E-state index < -0.39 is 11.8 Å². The van der Waals surface area contributed by atoms with Crippen LogP contribution in [0.5, 0.6) is 0 Å². The molecule has 0 saturated carbocycles. The van der Waals surface area contributed by atoms with E-state index in [2.05, 4.69) is 15.4 Å². The molecule has 2 aromatic heterocycles. The zero-order chi connectivity index (χ0) is 24.4. The molecule has 0 amide bonds. The van der Waals surface area contributed by atoms with Crippen molar-refractivity contribution in [2.24, 2.45) is 0 Å². The Morgan fingerprint density at radius 1 is 1.09 bits per heavy atom. The maximum Gasteiger partial charge on any atom is 0.328 e. The summed E-state index contributed by atoms with van der Waals surface area (Å²) in [6.07, 6.45) is 6.12. The molecular weight excluding hydrogens is 469 g/mol. The summed E-state index contributed by atoms with van der Waals surface area (Å²) in [5.41, 5.74) is 3.51. The summed E-state index contributed by atoms with van der Waals surface area (Å²) >= 11 is 5.91. The SMILES string of the molecule is O=C(O)C=Cc1cccc(-c2cnc(Nc3ccc(F)c(Cl)c3)nc2-n2cc3ccccc3n2)c1. The van der Waals surface area contributed by atoms with Gasteiger partial charge in [0.2, 0.25) is 5.95 Å². The molecule has 0 aliphatic carbocycles. The van der Waals surface area contributed by atoms with Crippen molar-refractivity contribution in [3.05, 3.63) is 102 Å². The van der Waals surface area contributed by atoms with Crippen LogP contribution in [0.3, 0.4) is 0 Å². The maximum atomic E-state index is 13.6. The van der Waals surface area contributed by atoms with Crippen molar-refractivity contribution < 1.29 is 14.3 Å². The molecule has 0 saturated heterocycles. The highest BCUT2D eigenvalue weighted by atomic mass is 35.5. The van der Waals surface area contributed by atoms with Gasteiger partial charge in [-0.15, -0.1) is 0 Å². The van der Waals surface area contributed by atoms with Crippen molar-refractivity contribution in [1.82, 2.24) is 19.7 Å². The highest BCUT2D eigenvalue weighted by molar-refractivity contribution is 6.31. The molecule has 0 radical (unpaired) electrons. The smallest absolute Gasteiger partial charge is 0.328 e. The van der Waals surface area contributed by atoms with E-state index in [0.29, 0.717) is 22.6 Å². The molecular formula is C26H17ClFN5O2. The highest BCUT2D eigenvalue weighted by Crippen LogP contribution is 2.29. The zero-order valence-electron chi connectivity index (χ0n) is 18.1. The second-order valence-electron chi connectivity index (χ2n) is 7.61. The second-order valence-corrected chi connectivity index (χ2v) is 8.02. The van der Waals surface area contributed by atoms with E-state index in [-0.39, 0.29) is 11.0 Å². The number of aliphatic carboxylic acids is 1. The Hall–Kier alpha value is -4.56. The molecule has 0 spiro atoms. The fourth-order valence-electron chi connectivity index (χ4n) is 3.56. The van der Waals surface area contributed by atoms with Gasteiger partial charge in [-0.1, -0.05) is 48.0 Å². The number of anilines is 2. The Balaban J connectivity index is 1.61. The van der Waals surface area contributed by atoms with Crippen molar-refractivity contribution in [3.8, 4) is 16.9 Å². The van der Waals surface area contributed by atoms with Crippen LogP contribution < -0.4 is 5.32 Å². The van der Waals surface area contributed by atoms with Crippen LogP contribution in [0.4, 0.5) is 16.0 Å². The Morgan fingerprint density at radius 2 is 1.94 bits per heavy atom. The predicted molar refractivity (Wildman–Crippen MR) is 133 cm³/mol. The third-order valence-electron chi connectivity index (χ3n) is 5.19. The fourth-order valence-corrected chi connectivity index (χ4v) is 3.75. The van der Waals surface area contributed by atoms with Crippen LogP contribution in [0.25, 0.3) is 33.9 Å². The van der Waals surface area contributed by atoms with Gasteiger partial charge in [-0.3, -0.25) is 0 Å². The number of hydrogen-bond donors (Lipinski definition) is 2. The fraction of sp³-hybridized carbons (Fsp3) is 0. The third kappa shape index (κ3) is 4.87. The molecule has 5 aromatic rings. The number of benzene rings is 3. The van der Waals surface area contributed by atoms with E-state index in [1.165, 1.54) is 18.2 Å². The van der Waals surface area contributed by atoms with Crippen LogP contribution in [-0.2, 0) is 4.79 Å². The quantitative estimate of drug-likeness (QED) is 0.282. The van der Waals surface area contributed by atoms with Gasteiger partial charge in [0.25, 0.3) is 0 Å². The molecule has 5 rings (SSSR count). The predicted octanol–water partition coefficient (Wildman–Crippen LogP) is 6.12. The lowest BCUT2D eigenvalue weighted by Crippen LogP contribution is -2.06. The van der Waals surface area contributed by atoms with Crippen molar-refractivity contribution >= 4 is 46.2 Å². The van der Waals surface area contributed by atoms with Crippen LogP contribution in [-0.4, -0.2) is 30.8 Å². The first kappa shape index (κ1) is 22.2. The summed E-state index contributed by atoms with van der Waals surface area (Å²) in [6, 6.07) is 19.3. The first-order valence-corrected chi connectivity index (χ1v) is 10.9. The molecule has 0 fully saturated rings. The zero-order valence-corrected chi connectivity index (χ0v) is 18.8. The average molecular weight is 486 g/mol. The van der Waals surface area contributed by atoms with Crippen molar-refractivity contribution in [1.29, 1.82) is 0 Å². The highest BCUT2D eigenvalue weighted by Gasteiger charge is 2.14. The Morgan fingerprint density at radius 3 is 2.74 bits per heavy atom. The Bertz CT molecular complexity index is 1570. The Labute approximate surface area is 204 Å². The number of nitrogens with one attached hydrogen (secondary N) is 1. The lowest BCUT2D eigenvalue weighted by atomic mass is 10.0. The molecule has 7 nitrogen and oxygen atoms in total. The lowest BCUT2D eigenvalue weighted by molar-refractivity contribution is -0.131. The van der Waals surface area contributed by atoms with Gasteiger partial charge < -0.3 is 10.4 Å². The number of halogens is 2. The molecule has 2 N–H and O–H groups in total. The molecule has 0 bridgehead atoms. The van der Waals surface area contributed by atoms with E-state index in [4.69, 9.17) is 21.7 Å². The van der Waals surface area contributed by atoms with Gasteiger partial charge in [-0.05, 0) is 47.5 Å². The number of nitrogens with zero attached hydrogens (tertiary/aromatic N) is 4. The lowest BCUT2D eigenvalue weighted by Gasteiger charge is -2.12. The molecule has 0 unspecified atom stereocenters. The average Bonchev–Trinajstić information content (AvgIpc) is 3.29. The van der Waals surface area contributed by atoms with Crippen molar-refractivity contribution in [3.63, 3.8) is 0 Å². The van der Waals surface area contributed by atoms with Gasteiger partial charge in [-0.2, -0.15) is 10.1 Å². The molecule has 0 aliphatic rings. The minimum atomic E-state index is -1.03. The van der Waals surface area contributed by atoms with E-state index in [1.807, 2.05) is 48.7 Å². The number of aromatic nitrogens is 4. The normalized spacial score (nSPS) is 11.3. The van der Waals surface area contributed by atoms with E-state index >= 15 is 0 Å². The summed E-state index contributed by atoms with van der Waals surface area (Å²) in [7, 11) is 0. The monoisotopic (exact) mass is 485 g/mol. The van der Waals surface area contributed by atoms with Crippen LogP contribution in [0, 0.1) is 5.82 Å². The number of carbonyl (C=O) groups is 1. The van der Waals surface area contributed by atoms with E-state index in [0.717, 1.165) is 22.5 Å². The summed E-state index contributed by atoms with van der Waals surface area (Å²) < 4.78 is 15.2. The summed E-state index contributed by atoms with van der Waals surface area (Å²) in [6.45, 7) is 0. The largest absolute Gasteiger partial charge is 0.478 e. The number of fused-ring (bicyclic) bond motifs is 1. The minimum Gasteiger partial charge on any atom is -0.478 e. The molecule has 172 valence electrons. The van der Waals surface area contributed by atoms with Gasteiger partial charge in [-0.25, -0.2) is 18.9 Å². The molecule has 0 aliphatic heterocycles. The van der Waals surface area contributed by atoms with Gasteiger partial charge in [0.05, 0.1) is 10.5 Å².